The maximum atomic E-state index is 14.6. The lowest BCUT2D eigenvalue weighted by molar-refractivity contribution is -0.140. The van der Waals surface area contributed by atoms with Crippen LogP contribution in [0.25, 0.3) is 24.3 Å². The van der Waals surface area contributed by atoms with Crippen LogP contribution >= 0.6 is 0 Å². The third-order valence-electron chi connectivity index (χ3n) is 11.7. The van der Waals surface area contributed by atoms with Gasteiger partial charge in [-0.1, -0.05) is 0 Å². The molecular weight excluding hydrogens is 921 g/mol. The molecule has 0 spiro atoms. The molecule has 2 aliphatic rings. The Morgan fingerprint density at radius 1 is 0.352 bits per heavy atom. The highest BCUT2D eigenvalue weighted by atomic mass is 16.5. The highest BCUT2D eigenvalue weighted by Gasteiger charge is 2.34. The summed E-state index contributed by atoms with van der Waals surface area (Å²) in [6, 6.07) is 13.4. The number of likely N-dealkylation sites (tertiary alicyclic amines) is 2. The molecule has 2 aliphatic heterocycles. The summed E-state index contributed by atoms with van der Waals surface area (Å²) >= 11 is 0. The molecule has 0 atom stereocenters. The molecule has 18 heteroatoms. The molecule has 71 heavy (non-hydrogen) atoms. The minimum absolute atomic E-state index is 0.148. The van der Waals surface area contributed by atoms with Gasteiger partial charge in [0.05, 0.1) is 85.3 Å². The molecule has 0 radical (unpaired) electrons. The number of methoxy groups -OCH3 is 12. The second-order valence-corrected chi connectivity index (χ2v) is 15.8. The van der Waals surface area contributed by atoms with Gasteiger partial charge in [-0.3, -0.25) is 19.2 Å². The lowest BCUT2D eigenvalue weighted by Crippen LogP contribution is -2.46. The second kappa shape index (κ2) is 23.3. The number of piperidine rings is 2. The number of amides is 2. The molecule has 0 N–H and O–H groups in total. The number of carbonyl (C=O) groups excluding carboxylic acids is 4. The molecule has 2 heterocycles. The number of rotatable bonds is 18. The summed E-state index contributed by atoms with van der Waals surface area (Å²) in [6.07, 6.45) is 5.93. The molecule has 4 aromatic rings. The van der Waals surface area contributed by atoms with Gasteiger partial charge in [0.25, 0.3) is 0 Å². The van der Waals surface area contributed by atoms with Crippen molar-refractivity contribution in [2.45, 2.75) is 6.42 Å². The van der Waals surface area contributed by atoms with Crippen LogP contribution in [0.3, 0.4) is 0 Å². The van der Waals surface area contributed by atoms with Crippen LogP contribution in [0.1, 0.15) is 28.7 Å². The minimum atomic E-state index is -0.605. The van der Waals surface area contributed by atoms with Gasteiger partial charge in [-0.05, 0) is 95.1 Å². The smallest absolute Gasteiger partial charge is 0.232 e. The third-order valence-corrected chi connectivity index (χ3v) is 11.7. The number of hydrogen-bond acceptors (Lipinski definition) is 16. The number of nitrogens with zero attached hydrogens (tertiary/aromatic N) is 2. The summed E-state index contributed by atoms with van der Waals surface area (Å²) in [4.78, 5) is 60.9. The van der Waals surface area contributed by atoms with Crippen molar-refractivity contribution in [3.8, 4) is 69.0 Å². The van der Waals surface area contributed by atoms with Crippen LogP contribution in [0.2, 0.25) is 0 Å². The molecule has 2 fully saturated rings. The largest absolute Gasteiger partial charge is 0.493 e. The van der Waals surface area contributed by atoms with Crippen LogP contribution in [-0.4, -0.2) is 145 Å². The molecule has 2 amide bonds. The van der Waals surface area contributed by atoms with Gasteiger partial charge >= 0.3 is 0 Å². The van der Waals surface area contributed by atoms with Gasteiger partial charge in [-0.2, -0.15) is 0 Å². The SMILES string of the molecule is COc1cc(/C=C2\CN(C(=O)CC(=O)N3C/C(=C\c4cc(OC)c(OC)c(OC)c4)C(=O)/C(=C/c4cc(OC)c(OC)c(OC)c4)C3)C/C(=C\c3cc(OC)c(OC)c(OC)c3)C2=O)cc(OC)c1OC. The summed E-state index contributed by atoms with van der Waals surface area (Å²) in [5.74, 6) is 2.40. The Kier molecular flexibility index (Phi) is 17.1. The molecule has 0 aromatic heterocycles. The Morgan fingerprint density at radius 2 is 0.535 bits per heavy atom. The van der Waals surface area contributed by atoms with Crippen molar-refractivity contribution in [2.24, 2.45) is 0 Å². The van der Waals surface area contributed by atoms with Gasteiger partial charge in [-0.15, -0.1) is 0 Å². The molecule has 376 valence electrons. The van der Waals surface area contributed by atoms with Crippen molar-refractivity contribution >= 4 is 47.7 Å². The molecule has 18 nitrogen and oxygen atoms in total. The zero-order valence-corrected chi connectivity index (χ0v) is 41.9. The summed E-state index contributed by atoms with van der Waals surface area (Å²) in [5, 5.41) is 0. The Bertz CT molecular complexity index is 2360. The zero-order chi connectivity index (χ0) is 51.5. The first-order chi connectivity index (χ1) is 34.2. The second-order valence-electron chi connectivity index (χ2n) is 15.8. The van der Waals surface area contributed by atoms with Crippen molar-refractivity contribution in [1.82, 2.24) is 9.80 Å². The van der Waals surface area contributed by atoms with E-state index >= 15 is 0 Å². The Labute approximate surface area is 412 Å². The fourth-order valence-corrected chi connectivity index (χ4v) is 8.33. The molecule has 0 unspecified atom stereocenters. The third kappa shape index (κ3) is 11.3. The molecular formula is C53H58N2O16. The Morgan fingerprint density at radius 3 is 0.690 bits per heavy atom. The van der Waals surface area contributed by atoms with E-state index in [0.29, 0.717) is 91.2 Å². The maximum Gasteiger partial charge on any atom is 0.232 e. The molecule has 0 bridgehead atoms. The summed E-state index contributed by atoms with van der Waals surface area (Å²) < 4.78 is 66.6. The number of carbonyl (C=O) groups is 4. The van der Waals surface area contributed by atoms with Crippen molar-refractivity contribution in [1.29, 1.82) is 0 Å². The topological polar surface area (TPSA) is 186 Å². The Balaban J connectivity index is 1.41. The summed E-state index contributed by atoms with van der Waals surface area (Å²) in [7, 11) is 17.8. The van der Waals surface area contributed by atoms with Gasteiger partial charge in [0.15, 0.2) is 57.6 Å². The number of hydrogen-bond donors (Lipinski definition) is 0. The van der Waals surface area contributed by atoms with Crippen LogP contribution in [0.15, 0.2) is 70.8 Å². The summed E-state index contributed by atoms with van der Waals surface area (Å²) in [6.45, 7) is -0.590. The van der Waals surface area contributed by atoms with Gasteiger partial charge in [-0.25, -0.2) is 0 Å². The standard InChI is InChI=1S/C53H58N2O16/c1-60-38-17-30(18-39(61-2)50(38)68-9)13-34-26-54(27-35(48(34)58)14-31-19-40(62-3)51(69-10)41(20-31)63-4)46(56)25-47(57)55-28-36(15-32-21-42(64-5)52(70-11)43(22-32)65-6)49(59)37(29-55)16-33-23-44(66-7)53(71-12)45(24-33)67-8/h13-24H,25-29H2,1-12H3/b34-13+,35-14+,36-15+,37-16+. The van der Waals surface area contributed by atoms with E-state index < -0.39 is 18.2 Å². The lowest BCUT2D eigenvalue weighted by atomic mass is 9.93. The van der Waals surface area contributed by atoms with Gasteiger partial charge in [0, 0.05) is 48.5 Å². The normalized spacial score (nSPS) is 15.9. The van der Waals surface area contributed by atoms with E-state index in [-0.39, 0.29) is 60.0 Å². The van der Waals surface area contributed by atoms with Crippen LogP contribution < -0.4 is 56.8 Å². The fraction of sp³-hybridized carbons (Fsp3) is 0.321. The van der Waals surface area contributed by atoms with Crippen LogP contribution in [0.4, 0.5) is 0 Å². The first-order valence-electron chi connectivity index (χ1n) is 21.9. The van der Waals surface area contributed by atoms with E-state index in [4.69, 9.17) is 56.8 Å². The van der Waals surface area contributed by atoms with E-state index in [1.165, 1.54) is 95.1 Å². The summed E-state index contributed by atoms with van der Waals surface area (Å²) in [5.41, 5.74) is 3.04. The minimum Gasteiger partial charge on any atom is -0.493 e. The van der Waals surface area contributed by atoms with E-state index in [2.05, 4.69) is 0 Å². The first-order valence-corrected chi connectivity index (χ1v) is 21.9. The van der Waals surface area contributed by atoms with Crippen molar-refractivity contribution < 1.29 is 76.0 Å². The lowest BCUT2D eigenvalue weighted by Gasteiger charge is -2.33. The molecule has 4 aromatic carbocycles. The number of benzene rings is 4. The van der Waals surface area contributed by atoms with Crippen molar-refractivity contribution in [3.05, 3.63) is 93.1 Å². The number of ether oxygens (including phenoxy) is 12. The van der Waals surface area contributed by atoms with E-state index in [1.807, 2.05) is 0 Å². The highest BCUT2D eigenvalue weighted by molar-refractivity contribution is 6.17. The zero-order valence-electron chi connectivity index (χ0n) is 41.9. The van der Waals surface area contributed by atoms with Crippen molar-refractivity contribution in [2.75, 3.05) is 111 Å². The fourth-order valence-electron chi connectivity index (χ4n) is 8.33. The predicted octanol–water partition coefficient (Wildman–Crippen LogP) is 6.64. The van der Waals surface area contributed by atoms with E-state index in [9.17, 15) is 19.2 Å². The number of Topliss-reactive ketones (excluding diaryl/α,β-unsaturated/α-hetero) is 2. The predicted molar refractivity (Wildman–Crippen MR) is 264 cm³/mol. The van der Waals surface area contributed by atoms with Crippen LogP contribution in [0, 0.1) is 0 Å². The molecule has 0 aliphatic carbocycles. The average molecular weight is 979 g/mol. The Hall–Kier alpha value is -8.28. The van der Waals surface area contributed by atoms with E-state index in [1.54, 1.807) is 72.8 Å². The van der Waals surface area contributed by atoms with E-state index in [0.717, 1.165) is 0 Å². The monoisotopic (exact) mass is 978 g/mol. The molecule has 0 saturated carbocycles. The van der Waals surface area contributed by atoms with Gasteiger partial charge in [0.1, 0.15) is 6.42 Å². The van der Waals surface area contributed by atoms with Gasteiger partial charge < -0.3 is 66.6 Å². The number of ketones is 2. The van der Waals surface area contributed by atoms with Crippen LogP contribution in [-0.2, 0) is 19.2 Å². The molecule has 2 saturated heterocycles. The van der Waals surface area contributed by atoms with Gasteiger partial charge in [0.2, 0.25) is 34.8 Å². The first kappa shape index (κ1) is 52.1. The van der Waals surface area contributed by atoms with Crippen molar-refractivity contribution in [3.63, 3.8) is 0 Å². The molecule has 6 rings (SSSR count). The highest BCUT2D eigenvalue weighted by Crippen LogP contribution is 2.43. The average Bonchev–Trinajstić information content (AvgIpc) is 3.39. The van der Waals surface area contributed by atoms with Crippen LogP contribution in [0.5, 0.6) is 69.0 Å². The maximum absolute atomic E-state index is 14.6. The quantitative estimate of drug-likeness (QED) is 0.0763.